The van der Waals surface area contributed by atoms with E-state index in [2.05, 4.69) is 46.5 Å². The highest BCUT2D eigenvalue weighted by Gasteiger charge is 2.04. The smallest absolute Gasteiger partial charge is 0.131 e. The first kappa shape index (κ1) is 11.6. The first-order valence-corrected chi connectivity index (χ1v) is 6.18. The van der Waals surface area contributed by atoms with Gasteiger partial charge in [-0.1, -0.05) is 41.1 Å². The Hall–Kier alpha value is -2.49. The van der Waals surface area contributed by atoms with Crippen LogP contribution in [-0.2, 0) is 6.54 Å². The molecule has 3 aromatic rings. The van der Waals surface area contributed by atoms with Crippen molar-refractivity contribution in [1.29, 1.82) is 0 Å². The number of hydrogen-bond acceptors (Lipinski definition) is 3. The largest absolute Gasteiger partial charge is 0.254 e. The molecule has 0 aliphatic heterocycles. The summed E-state index contributed by atoms with van der Waals surface area (Å²) < 4.78 is 1.83. The molecule has 94 valence electrons. The number of hydrogen-bond donors (Lipinski definition) is 0. The molecule has 0 saturated heterocycles. The number of pyridine rings is 1. The van der Waals surface area contributed by atoms with Gasteiger partial charge in [0.15, 0.2) is 0 Å². The monoisotopic (exact) mass is 250 g/mol. The summed E-state index contributed by atoms with van der Waals surface area (Å²) in [7, 11) is 0. The summed E-state index contributed by atoms with van der Waals surface area (Å²) in [5, 5.41) is 8.29. The SMILES string of the molecule is Cc1ccc(Cn2cc(-c3ccccn3)nn2)cc1. The molecule has 0 spiro atoms. The number of rotatable bonds is 3. The van der Waals surface area contributed by atoms with E-state index in [9.17, 15) is 0 Å². The Bertz CT molecular complexity index is 656. The second-order valence-corrected chi connectivity index (χ2v) is 4.50. The molecule has 1 aromatic carbocycles. The van der Waals surface area contributed by atoms with Crippen LogP contribution in [0.25, 0.3) is 11.4 Å². The fraction of sp³-hybridized carbons (Fsp3) is 0.133. The zero-order valence-corrected chi connectivity index (χ0v) is 10.7. The zero-order valence-electron chi connectivity index (χ0n) is 10.7. The van der Waals surface area contributed by atoms with Crippen molar-refractivity contribution < 1.29 is 0 Å². The van der Waals surface area contributed by atoms with Crippen LogP contribution in [0.4, 0.5) is 0 Å². The lowest BCUT2D eigenvalue weighted by Gasteiger charge is -2.01. The van der Waals surface area contributed by atoms with Gasteiger partial charge in [0.05, 0.1) is 18.4 Å². The van der Waals surface area contributed by atoms with Crippen LogP contribution in [0.15, 0.2) is 54.9 Å². The number of aromatic nitrogens is 4. The van der Waals surface area contributed by atoms with E-state index in [1.165, 1.54) is 11.1 Å². The van der Waals surface area contributed by atoms with Crippen LogP contribution in [0.1, 0.15) is 11.1 Å². The minimum atomic E-state index is 0.722. The Balaban J connectivity index is 1.80. The molecule has 0 radical (unpaired) electrons. The third-order valence-corrected chi connectivity index (χ3v) is 2.93. The highest BCUT2D eigenvalue weighted by Crippen LogP contribution is 2.12. The van der Waals surface area contributed by atoms with Crippen molar-refractivity contribution in [3.05, 3.63) is 66.0 Å². The van der Waals surface area contributed by atoms with E-state index >= 15 is 0 Å². The summed E-state index contributed by atoms with van der Waals surface area (Å²) in [6, 6.07) is 14.2. The Morgan fingerprint density at radius 1 is 1.00 bits per heavy atom. The first-order valence-electron chi connectivity index (χ1n) is 6.18. The predicted octanol–water partition coefficient (Wildman–Crippen LogP) is 2.70. The molecule has 2 heterocycles. The molecule has 0 bridgehead atoms. The average Bonchev–Trinajstić information content (AvgIpc) is 2.91. The summed E-state index contributed by atoms with van der Waals surface area (Å²) in [6.07, 6.45) is 3.68. The molecule has 0 amide bonds. The van der Waals surface area contributed by atoms with Gasteiger partial charge in [0.25, 0.3) is 0 Å². The number of nitrogens with zero attached hydrogens (tertiary/aromatic N) is 4. The molecule has 0 unspecified atom stereocenters. The fourth-order valence-electron chi connectivity index (χ4n) is 1.89. The molecule has 0 atom stereocenters. The Labute approximate surface area is 111 Å². The summed E-state index contributed by atoms with van der Waals surface area (Å²) in [4.78, 5) is 4.27. The van der Waals surface area contributed by atoms with E-state index in [0.717, 1.165) is 17.9 Å². The Morgan fingerprint density at radius 3 is 2.58 bits per heavy atom. The second-order valence-electron chi connectivity index (χ2n) is 4.50. The van der Waals surface area contributed by atoms with Gasteiger partial charge in [0, 0.05) is 6.20 Å². The number of aryl methyl sites for hydroxylation is 1. The minimum Gasteiger partial charge on any atom is -0.254 e. The lowest BCUT2D eigenvalue weighted by Crippen LogP contribution is -2.00. The summed E-state index contributed by atoms with van der Waals surface area (Å²) in [5.74, 6) is 0. The van der Waals surface area contributed by atoms with Crippen molar-refractivity contribution in [3.63, 3.8) is 0 Å². The van der Waals surface area contributed by atoms with Crippen LogP contribution in [-0.4, -0.2) is 20.0 Å². The molecule has 0 saturated carbocycles. The van der Waals surface area contributed by atoms with Gasteiger partial charge >= 0.3 is 0 Å². The molecule has 3 rings (SSSR count). The molecular weight excluding hydrogens is 236 g/mol. The maximum Gasteiger partial charge on any atom is 0.131 e. The number of benzene rings is 1. The quantitative estimate of drug-likeness (QED) is 0.717. The Kier molecular flexibility index (Phi) is 3.06. The van der Waals surface area contributed by atoms with Crippen LogP contribution >= 0.6 is 0 Å². The van der Waals surface area contributed by atoms with Crippen molar-refractivity contribution in [2.45, 2.75) is 13.5 Å². The van der Waals surface area contributed by atoms with Crippen molar-refractivity contribution in [3.8, 4) is 11.4 Å². The van der Waals surface area contributed by atoms with Gasteiger partial charge in [-0.2, -0.15) is 0 Å². The molecule has 0 N–H and O–H groups in total. The van der Waals surface area contributed by atoms with Gasteiger partial charge in [-0.15, -0.1) is 5.10 Å². The van der Waals surface area contributed by atoms with E-state index in [1.54, 1.807) is 6.20 Å². The van der Waals surface area contributed by atoms with E-state index in [-0.39, 0.29) is 0 Å². The predicted molar refractivity (Wildman–Crippen MR) is 73.5 cm³/mol. The van der Waals surface area contributed by atoms with Crippen molar-refractivity contribution in [1.82, 2.24) is 20.0 Å². The molecule has 4 heteroatoms. The Morgan fingerprint density at radius 2 is 1.84 bits per heavy atom. The molecule has 4 nitrogen and oxygen atoms in total. The molecular formula is C15H14N4. The second kappa shape index (κ2) is 5.02. The van der Waals surface area contributed by atoms with Crippen molar-refractivity contribution >= 4 is 0 Å². The summed E-state index contributed by atoms with van der Waals surface area (Å²) >= 11 is 0. The highest BCUT2D eigenvalue weighted by molar-refractivity contribution is 5.51. The maximum absolute atomic E-state index is 4.27. The van der Waals surface area contributed by atoms with Gasteiger partial charge in [0.1, 0.15) is 5.69 Å². The van der Waals surface area contributed by atoms with Gasteiger partial charge in [-0.3, -0.25) is 4.98 Å². The van der Waals surface area contributed by atoms with Gasteiger partial charge in [-0.25, -0.2) is 4.68 Å². The highest BCUT2D eigenvalue weighted by atomic mass is 15.4. The van der Waals surface area contributed by atoms with Gasteiger partial charge < -0.3 is 0 Å². The van der Waals surface area contributed by atoms with E-state index in [1.807, 2.05) is 29.1 Å². The third-order valence-electron chi connectivity index (χ3n) is 2.93. The van der Waals surface area contributed by atoms with Crippen LogP contribution in [0.3, 0.4) is 0 Å². The molecule has 19 heavy (non-hydrogen) atoms. The first-order chi connectivity index (χ1) is 9.31. The minimum absolute atomic E-state index is 0.722. The molecule has 0 aliphatic carbocycles. The van der Waals surface area contributed by atoms with Gasteiger partial charge in [0.2, 0.25) is 0 Å². The van der Waals surface area contributed by atoms with E-state index < -0.39 is 0 Å². The zero-order chi connectivity index (χ0) is 13.1. The van der Waals surface area contributed by atoms with Crippen LogP contribution < -0.4 is 0 Å². The molecule has 0 fully saturated rings. The van der Waals surface area contributed by atoms with Crippen LogP contribution in [0, 0.1) is 6.92 Å². The van der Waals surface area contributed by atoms with Crippen molar-refractivity contribution in [2.24, 2.45) is 0 Å². The summed E-state index contributed by atoms with van der Waals surface area (Å²) in [6.45, 7) is 2.80. The average molecular weight is 250 g/mol. The summed E-state index contributed by atoms with van der Waals surface area (Å²) in [5.41, 5.74) is 4.12. The van der Waals surface area contributed by atoms with Crippen LogP contribution in [0.5, 0.6) is 0 Å². The maximum atomic E-state index is 4.27. The lowest BCUT2D eigenvalue weighted by atomic mass is 10.1. The van der Waals surface area contributed by atoms with Gasteiger partial charge in [-0.05, 0) is 24.6 Å². The van der Waals surface area contributed by atoms with Crippen molar-refractivity contribution in [2.75, 3.05) is 0 Å². The standard InChI is InChI=1S/C15H14N4/c1-12-5-7-13(8-6-12)10-19-11-15(17-18-19)14-4-2-3-9-16-14/h2-9,11H,10H2,1H3. The lowest BCUT2D eigenvalue weighted by molar-refractivity contribution is 0.649. The third kappa shape index (κ3) is 2.68. The van der Waals surface area contributed by atoms with Crippen LogP contribution in [0.2, 0.25) is 0 Å². The normalized spacial score (nSPS) is 10.6. The molecule has 0 aliphatic rings. The molecule has 2 aromatic heterocycles. The fourth-order valence-corrected chi connectivity index (χ4v) is 1.89. The van der Waals surface area contributed by atoms with E-state index in [0.29, 0.717) is 0 Å². The topological polar surface area (TPSA) is 43.6 Å². The van der Waals surface area contributed by atoms with E-state index in [4.69, 9.17) is 0 Å².